The molecule has 0 radical (unpaired) electrons. The zero-order valence-corrected chi connectivity index (χ0v) is 16.2. The van der Waals surface area contributed by atoms with E-state index in [-0.39, 0.29) is 23.6 Å². The highest BCUT2D eigenvalue weighted by atomic mass is 19.1. The minimum Gasteiger partial charge on any atom is -0.375 e. The van der Waals surface area contributed by atoms with Gasteiger partial charge in [0.05, 0.1) is 6.10 Å². The number of aryl methyl sites for hydroxylation is 1. The van der Waals surface area contributed by atoms with Gasteiger partial charge in [0, 0.05) is 25.1 Å². The van der Waals surface area contributed by atoms with E-state index in [1.54, 1.807) is 19.2 Å². The van der Waals surface area contributed by atoms with Crippen LogP contribution in [0.4, 0.5) is 4.39 Å². The van der Waals surface area contributed by atoms with Crippen LogP contribution < -0.4 is 0 Å². The molecule has 144 valence electrons. The van der Waals surface area contributed by atoms with E-state index in [1.165, 1.54) is 23.3 Å². The number of ketones is 1. The normalized spacial score (nSPS) is 17.0. The van der Waals surface area contributed by atoms with E-state index >= 15 is 0 Å². The number of methoxy groups -OCH3 is 1. The van der Waals surface area contributed by atoms with Crippen molar-refractivity contribution in [3.63, 3.8) is 0 Å². The third kappa shape index (κ3) is 5.02. The summed E-state index contributed by atoms with van der Waals surface area (Å²) >= 11 is 0. The monoisotopic (exact) mass is 369 g/mol. The summed E-state index contributed by atoms with van der Waals surface area (Å²) in [4.78, 5) is 15.0. The van der Waals surface area contributed by atoms with Crippen LogP contribution in [0.3, 0.4) is 0 Å². The van der Waals surface area contributed by atoms with Crippen molar-refractivity contribution in [3.05, 3.63) is 71.0 Å². The zero-order valence-electron chi connectivity index (χ0n) is 16.2. The van der Waals surface area contributed by atoms with Gasteiger partial charge in [0.2, 0.25) is 0 Å². The van der Waals surface area contributed by atoms with Crippen molar-refractivity contribution in [2.45, 2.75) is 32.3 Å². The van der Waals surface area contributed by atoms with Crippen molar-refractivity contribution in [3.8, 4) is 0 Å². The largest absolute Gasteiger partial charge is 0.375 e. The summed E-state index contributed by atoms with van der Waals surface area (Å²) in [6.07, 6.45) is 2.75. The summed E-state index contributed by atoms with van der Waals surface area (Å²) in [7, 11) is 1.75. The third-order valence-electron chi connectivity index (χ3n) is 5.56. The van der Waals surface area contributed by atoms with Crippen molar-refractivity contribution in [2.24, 2.45) is 5.92 Å². The highest BCUT2D eigenvalue weighted by molar-refractivity contribution is 5.97. The molecule has 1 aliphatic rings. The minimum absolute atomic E-state index is 0.0246. The van der Waals surface area contributed by atoms with Crippen LogP contribution in [0.2, 0.25) is 0 Å². The molecule has 0 aliphatic carbocycles. The molecule has 0 bridgehead atoms. The molecule has 27 heavy (non-hydrogen) atoms. The van der Waals surface area contributed by atoms with Crippen molar-refractivity contribution < 1.29 is 13.9 Å². The molecule has 0 aromatic heterocycles. The Morgan fingerprint density at radius 3 is 2.30 bits per heavy atom. The number of Topliss-reactive ketones (excluding diaryl/α,β-unsaturated/α-hetero) is 1. The van der Waals surface area contributed by atoms with Crippen LogP contribution in [0.15, 0.2) is 48.5 Å². The number of halogens is 1. The van der Waals surface area contributed by atoms with Crippen LogP contribution in [0.5, 0.6) is 0 Å². The van der Waals surface area contributed by atoms with E-state index in [0.29, 0.717) is 5.56 Å². The van der Waals surface area contributed by atoms with Gasteiger partial charge in [-0.2, -0.15) is 0 Å². The summed E-state index contributed by atoms with van der Waals surface area (Å²) in [6, 6.07) is 14.5. The molecule has 1 atom stereocenters. The highest BCUT2D eigenvalue weighted by Gasteiger charge is 2.27. The fraction of sp³-hybridized carbons (Fsp3) is 0.435. The van der Waals surface area contributed by atoms with Gasteiger partial charge in [-0.3, -0.25) is 4.79 Å². The van der Waals surface area contributed by atoms with Crippen LogP contribution in [0.25, 0.3) is 0 Å². The Morgan fingerprint density at radius 1 is 1.11 bits per heavy atom. The standard InChI is InChI=1S/C23H28FNO2/c1-3-17-4-6-18(7-5-17)22(27-2)16-25-14-12-20(13-15-25)23(26)19-8-10-21(24)11-9-19/h4-11,20,22H,3,12-16H2,1-2H3/t22-/m1/s1. The van der Waals surface area contributed by atoms with Crippen LogP contribution in [-0.4, -0.2) is 37.4 Å². The van der Waals surface area contributed by atoms with Gasteiger partial charge in [-0.05, 0) is 67.7 Å². The van der Waals surface area contributed by atoms with Gasteiger partial charge in [-0.15, -0.1) is 0 Å². The Balaban J connectivity index is 1.54. The van der Waals surface area contributed by atoms with Crippen molar-refractivity contribution >= 4 is 5.78 Å². The van der Waals surface area contributed by atoms with Gasteiger partial charge in [0.15, 0.2) is 5.78 Å². The number of nitrogens with zero attached hydrogens (tertiary/aromatic N) is 1. The summed E-state index contributed by atoms with van der Waals surface area (Å²) in [6.45, 7) is 4.74. The zero-order chi connectivity index (χ0) is 19.2. The molecule has 2 aromatic rings. The van der Waals surface area contributed by atoms with Crippen molar-refractivity contribution in [1.29, 1.82) is 0 Å². The molecule has 4 heteroatoms. The number of rotatable bonds is 7. The van der Waals surface area contributed by atoms with E-state index in [1.807, 2.05) is 0 Å². The van der Waals surface area contributed by atoms with E-state index in [0.717, 1.165) is 38.9 Å². The Hall–Kier alpha value is -2.04. The summed E-state index contributed by atoms with van der Waals surface area (Å²) in [5.74, 6) is -0.149. The molecule has 0 unspecified atom stereocenters. The fourth-order valence-electron chi connectivity index (χ4n) is 3.75. The first-order chi connectivity index (χ1) is 13.1. The van der Waals surface area contributed by atoms with E-state index in [9.17, 15) is 9.18 Å². The van der Waals surface area contributed by atoms with Gasteiger partial charge < -0.3 is 9.64 Å². The molecule has 1 heterocycles. The molecule has 1 aliphatic heterocycles. The molecule has 2 aromatic carbocycles. The smallest absolute Gasteiger partial charge is 0.166 e. The number of carbonyl (C=O) groups excluding carboxylic acids is 1. The van der Waals surface area contributed by atoms with Gasteiger partial charge in [-0.1, -0.05) is 31.2 Å². The number of likely N-dealkylation sites (tertiary alicyclic amines) is 1. The minimum atomic E-state index is -0.307. The van der Waals surface area contributed by atoms with E-state index in [4.69, 9.17) is 4.74 Å². The summed E-state index contributed by atoms with van der Waals surface area (Å²) in [5, 5.41) is 0. The molecule has 0 spiro atoms. The predicted octanol–water partition coefficient (Wildman–Crippen LogP) is 4.67. The molecule has 3 nitrogen and oxygen atoms in total. The fourth-order valence-corrected chi connectivity index (χ4v) is 3.75. The molecule has 0 saturated carbocycles. The number of piperidine rings is 1. The van der Waals surface area contributed by atoms with E-state index in [2.05, 4.69) is 36.1 Å². The predicted molar refractivity (Wildman–Crippen MR) is 105 cm³/mol. The van der Waals surface area contributed by atoms with Gasteiger partial charge in [-0.25, -0.2) is 4.39 Å². The average Bonchev–Trinajstić information content (AvgIpc) is 2.72. The molecular formula is C23H28FNO2. The summed E-state index contributed by atoms with van der Waals surface area (Å²) < 4.78 is 18.8. The van der Waals surface area contributed by atoms with Crippen LogP contribution in [0.1, 0.15) is 47.4 Å². The second-order valence-corrected chi connectivity index (χ2v) is 7.27. The number of ether oxygens (including phenoxy) is 1. The van der Waals surface area contributed by atoms with Gasteiger partial charge in [0.25, 0.3) is 0 Å². The number of benzene rings is 2. The van der Waals surface area contributed by atoms with Gasteiger partial charge >= 0.3 is 0 Å². The number of carbonyl (C=O) groups is 1. The second kappa shape index (κ2) is 9.25. The first-order valence-corrected chi connectivity index (χ1v) is 9.74. The van der Waals surface area contributed by atoms with Crippen LogP contribution in [-0.2, 0) is 11.2 Å². The maximum Gasteiger partial charge on any atom is 0.166 e. The Kier molecular flexibility index (Phi) is 6.75. The maximum atomic E-state index is 13.1. The number of hydrogen-bond acceptors (Lipinski definition) is 3. The molecule has 3 rings (SSSR count). The molecular weight excluding hydrogens is 341 g/mol. The highest BCUT2D eigenvalue weighted by Crippen LogP contribution is 2.25. The SMILES string of the molecule is CCc1ccc([C@@H](CN2CCC(C(=O)c3ccc(F)cc3)CC2)OC)cc1. The lowest BCUT2D eigenvalue weighted by Gasteiger charge is -2.33. The second-order valence-electron chi connectivity index (χ2n) is 7.27. The summed E-state index contributed by atoms with van der Waals surface area (Å²) in [5.41, 5.74) is 3.13. The topological polar surface area (TPSA) is 29.5 Å². The van der Waals surface area contributed by atoms with E-state index < -0.39 is 0 Å². The molecule has 1 fully saturated rings. The average molecular weight is 369 g/mol. The van der Waals surface area contributed by atoms with Crippen molar-refractivity contribution in [1.82, 2.24) is 4.90 Å². The van der Waals surface area contributed by atoms with Crippen LogP contribution >= 0.6 is 0 Å². The molecule has 0 N–H and O–H groups in total. The maximum absolute atomic E-state index is 13.1. The van der Waals surface area contributed by atoms with Gasteiger partial charge in [0.1, 0.15) is 5.82 Å². The first-order valence-electron chi connectivity index (χ1n) is 9.74. The lowest BCUT2D eigenvalue weighted by molar-refractivity contribution is 0.0485. The van der Waals surface area contributed by atoms with Crippen molar-refractivity contribution in [2.75, 3.05) is 26.7 Å². The van der Waals surface area contributed by atoms with Crippen LogP contribution in [0, 0.1) is 11.7 Å². The quantitative estimate of drug-likeness (QED) is 0.664. The first kappa shape index (κ1) is 19.7. The Morgan fingerprint density at radius 2 is 1.74 bits per heavy atom. The lowest BCUT2D eigenvalue weighted by Crippen LogP contribution is -2.39. The molecule has 0 amide bonds. The number of hydrogen-bond donors (Lipinski definition) is 0. The third-order valence-corrected chi connectivity index (χ3v) is 5.56. The Labute approximate surface area is 161 Å². The Bertz CT molecular complexity index is 734. The lowest BCUT2D eigenvalue weighted by atomic mass is 9.88. The molecule has 1 saturated heterocycles.